The predicted octanol–water partition coefficient (Wildman–Crippen LogP) is 2.55. The smallest absolute Gasteiger partial charge is 0.225 e. The minimum absolute atomic E-state index is 0.336. The first-order valence-corrected chi connectivity index (χ1v) is 10.1. The highest BCUT2D eigenvalue weighted by atomic mass is 16.5. The minimum atomic E-state index is 0.336. The van der Waals surface area contributed by atoms with Crippen LogP contribution < -0.4 is 0 Å². The van der Waals surface area contributed by atoms with Crippen LogP contribution in [0.3, 0.4) is 0 Å². The van der Waals surface area contributed by atoms with Gasteiger partial charge in [-0.15, -0.1) is 0 Å². The molecule has 4 nitrogen and oxygen atoms in total. The average molecular weight is 332 g/mol. The number of hydrogen-bond acceptors (Lipinski definition) is 3. The number of amides is 1. The number of rotatable bonds is 7. The molecule has 1 saturated heterocycles. The van der Waals surface area contributed by atoms with Crippen molar-refractivity contribution in [3.63, 3.8) is 0 Å². The fourth-order valence-corrected chi connectivity index (χ4v) is 4.90. The maximum atomic E-state index is 12.9. The van der Waals surface area contributed by atoms with E-state index in [1.807, 2.05) is 0 Å². The van der Waals surface area contributed by atoms with Crippen LogP contribution in [0.5, 0.6) is 0 Å². The van der Waals surface area contributed by atoms with E-state index in [9.17, 15) is 4.79 Å². The van der Waals surface area contributed by atoms with Crippen LogP contribution in [0.1, 0.15) is 38.5 Å². The quantitative estimate of drug-likeness (QED) is 0.672. The molecule has 1 heterocycles. The topological polar surface area (TPSA) is 32.8 Å². The Balaban J connectivity index is 1.29. The lowest BCUT2D eigenvalue weighted by atomic mass is 9.83. The maximum Gasteiger partial charge on any atom is 0.225 e. The predicted molar refractivity (Wildman–Crippen MR) is 94.6 cm³/mol. The lowest BCUT2D eigenvalue weighted by Crippen LogP contribution is -2.44. The first-order valence-electron chi connectivity index (χ1n) is 10.1. The van der Waals surface area contributed by atoms with E-state index in [0.717, 1.165) is 77.0 Å². The van der Waals surface area contributed by atoms with Gasteiger partial charge in [0.1, 0.15) is 0 Å². The van der Waals surface area contributed by atoms with Crippen molar-refractivity contribution in [2.45, 2.75) is 38.5 Å². The van der Waals surface area contributed by atoms with Crippen LogP contribution in [-0.4, -0.2) is 61.6 Å². The number of allylic oxidation sites excluding steroid dienone is 2. The summed E-state index contributed by atoms with van der Waals surface area (Å²) in [7, 11) is 0. The fourth-order valence-electron chi connectivity index (χ4n) is 4.90. The molecule has 0 spiro atoms. The van der Waals surface area contributed by atoms with Gasteiger partial charge in [0.05, 0.1) is 13.2 Å². The molecule has 0 aromatic rings. The number of hydrogen-bond donors (Lipinski definition) is 0. The SMILES string of the molecule is O=C(C1CCC1)N(CCCN1CCOCC1)CC1CC2C=CC1C2. The summed E-state index contributed by atoms with van der Waals surface area (Å²) >= 11 is 0. The lowest BCUT2D eigenvalue weighted by molar-refractivity contribution is -0.139. The molecule has 2 saturated carbocycles. The summed E-state index contributed by atoms with van der Waals surface area (Å²) in [6, 6.07) is 0. The Labute approximate surface area is 146 Å². The molecule has 0 aromatic carbocycles. The second kappa shape index (κ2) is 7.57. The first kappa shape index (κ1) is 16.6. The Morgan fingerprint density at radius 1 is 1.17 bits per heavy atom. The summed E-state index contributed by atoms with van der Waals surface area (Å²) in [5, 5.41) is 0. The summed E-state index contributed by atoms with van der Waals surface area (Å²) in [6.45, 7) is 6.88. The van der Waals surface area contributed by atoms with Crippen LogP contribution in [0.2, 0.25) is 0 Å². The number of carbonyl (C=O) groups is 1. The van der Waals surface area contributed by atoms with E-state index in [1.54, 1.807) is 0 Å². The van der Waals surface area contributed by atoms with Gasteiger partial charge >= 0.3 is 0 Å². The molecule has 3 fully saturated rings. The van der Waals surface area contributed by atoms with Gasteiger partial charge in [-0.2, -0.15) is 0 Å². The van der Waals surface area contributed by atoms with Gasteiger partial charge in [0.2, 0.25) is 5.91 Å². The third-order valence-electron chi connectivity index (χ3n) is 6.64. The molecule has 3 aliphatic carbocycles. The number of nitrogens with zero attached hydrogens (tertiary/aromatic N) is 2. The molecule has 2 bridgehead atoms. The average Bonchev–Trinajstić information content (AvgIpc) is 3.16. The third-order valence-corrected chi connectivity index (χ3v) is 6.64. The van der Waals surface area contributed by atoms with Crippen molar-refractivity contribution in [1.29, 1.82) is 0 Å². The van der Waals surface area contributed by atoms with Gasteiger partial charge in [-0.1, -0.05) is 18.6 Å². The molecule has 4 heteroatoms. The summed E-state index contributed by atoms with van der Waals surface area (Å²) in [6.07, 6.45) is 12.0. The number of carbonyl (C=O) groups excluding carboxylic acids is 1. The molecule has 134 valence electrons. The zero-order valence-corrected chi connectivity index (χ0v) is 14.9. The summed E-state index contributed by atoms with van der Waals surface area (Å²) in [4.78, 5) is 17.6. The van der Waals surface area contributed by atoms with Crippen LogP contribution in [0.4, 0.5) is 0 Å². The highest BCUT2D eigenvalue weighted by Gasteiger charge is 2.38. The van der Waals surface area contributed by atoms with Crippen LogP contribution in [0, 0.1) is 23.7 Å². The third kappa shape index (κ3) is 3.70. The highest BCUT2D eigenvalue weighted by Crippen LogP contribution is 2.44. The van der Waals surface area contributed by atoms with E-state index in [0.29, 0.717) is 17.7 Å². The van der Waals surface area contributed by atoms with Gasteiger partial charge in [0.15, 0.2) is 0 Å². The molecule has 3 atom stereocenters. The van der Waals surface area contributed by atoms with Crippen molar-refractivity contribution in [3.8, 4) is 0 Å². The fraction of sp³-hybridized carbons (Fsp3) is 0.850. The molecule has 0 aromatic heterocycles. The van der Waals surface area contributed by atoms with Crippen molar-refractivity contribution >= 4 is 5.91 Å². The zero-order chi connectivity index (χ0) is 16.4. The van der Waals surface area contributed by atoms with E-state index in [4.69, 9.17) is 4.74 Å². The Hall–Kier alpha value is -0.870. The second-order valence-corrected chi connectivity index (χ2v) is 8.26. The molecular formula is C20H32N2O2. The molecule has 4 aliphatic rings. The van der Waals surface area contributed by atoms with E-state index >= 15 is 0 Å². The van der Waals surface area contributed by atoms with E-state index < -0.39 is 0 Å². The molecule has 1 aliphatic heterocycles. The molecule has 1 amide bonds. The van der Waals surface area contributed by atoms with Gasteiger partial charge in [-0.3, -0.25) is 9.69 Å². The second-order valence-electron chi connectivity index (χ2n) is 8.26. The van der Waals surface area contributed by atoms with Crippen LogP contribution >= 0.6 is 0 Å². The van der Waals surface area contributed by atoms with Crippen molar-refractivity contribution in [2.75, 3.05) is 45.9 Å². The van der Waals surface area contributed by atoms with Crippen molar-refractivity contribution in [1.82, 2.24) is 9.80 Å². The molecule has 0 radical (unpaired) electrons. The normalized spacial score (nSPS) is 32.9. The van der Waals surface area contributed by atoms with Crippen molar-refractivity contribution < 1.29 is 9.53 Å². The van der Waals surface area contributed by atoms with Gasteiger partial charge in [-0.25, -0.2) is 0 Å². The maximum absolute atomic E-state index is 12.9. The van der Waals surface area contributed by atoms with Crippen molar-refractivity contribution in [2.24, 2.45) is 23.7 Å². The molecule has 4 rings (SSSR count). The molecule has 3 unspecified atom stereocenters. The van der Waals surface area contributed by atoms with Crippen LogP contribution in [0.15, 0.2) is 12.2 Å². The zero-order valence-electron chi connectivity index (χ0n) is 14.9. The molecule has 24 heavy (non-hydrogen) atoms. The Morgan fingerprint density at radius 2 is 2.00 bits per heavy atom. The standard InChI is InChI=1S/C20H32N2O2/c23-20(17-3-1-4-17)22(8-2-7-21-9-11-24-12-10-21)15-19-14-16-5-6-18(19)13-16/h5-6,16-19H,1-4,7-15H2. The van der Waals surface area contributed by atoms with Crippen LogP contribution in [0.25, 0.3) is 0 Å². The van der Waals surface area contributed by atoms with Gasteiger partial charge in [0.25, 0.3) is 0 Å². The van der Waals surface area contributed by atoms with E-state index in [1.165, 1.54) is 19.3 Å². The van der Waals surface area contributed by atoms with E-state index in [2.05, 4.69) is 22.0 Å². The van der Waals surface area contributed by atoms with Gasteiger partial charge in [-0.05, 0) is 49.9 Å². The molecule has 0 N–H and O–H groups in total. The number of morpholine rings is 1. The first-order chi connectivity index (χ1) is 11.8. The summed E-state index contributed by atoms with van der Waals surface area (Å²) in [5.74, 6) is 3.05. The minimum Gasteiger partial charge on any atom is -0.379 e. The van der Waals surface area contributed by atoms with Crippen molar-refractivity contribution in [3.05, 3.63) is 12.2 Å². The Kier molecular flexibility index (Phi) is 5.23. The highest BCUT2D eigenvalue weighted by molar-refractivity contribution is 5.79. The Bertz CT molecular complexity index is 468. The number of ether oxygens (including phenoxy) is 1. The van der Waals surface area contributed by atoms with Gasteiger partial charge < -0.3 is 9.64 Å². The number of fused-ring (bicyclic) bond motifs is 2. The Morgan fingerprint density at radius 3 is 2.62 bits per heavy atom. The van der Waals surface area contributed by atoms with Gasteiger partial charge in [0, 0.05) is 38.6 Å². The van der Waals surface area contributed by atoms with Crippen LogP contribution in [-0.2, 0) is 9.53 Å². The molecular weight excluding hydrogens is 300 g/mol. The van der Waals surface area contributed by atoms with E-state index in [-0.39, 0.29) is 0 Å². The largest absolute Gasteiger partial charge is 0.379 e. The monoisotopic (exact) mass is 332 g/mol. The summed E-state index contributed by atoms with van der Waals surface area (Å²) < 4.78 is 5.42. The summed E-state index contributed by atoms with van der Waals surface area (Å²) in [5.41, 5.74) is 0. The lowest BCUT2D eigenvalue weighted by Gasteiger charge is -2.35.